The van der Waals surface area contributed by atoms with Crippen LogP contribution in [0.1, 0.15) is 32.1 Å². The Hall–Kier alpha value is -1.36. The third-order valence-corrected chi connectivity index (χ3v) is 4.01. The normalized spacial score (nSPS) is 18.0. The molecule has 2 N–H and O–H groups in total. The molecule has 112 valence electrons. The van der Waals surface area contributed by atoms with Crippen LogP contribution in [0.15, 0.2) is 24.3 Å². The van der Waals surface area contributed by atoms with E-state index in [0.717, 1.165) is 25.7 Å². The van der Waals surface area contributed by atoms with Gasteiger partial charge in [0.05, 0.1) is 12.3 Å². The molecular weight excluding hydrogens is 264 g/mol. The second kappa shape index (κ2) is 6.88. The van der Waals surface area contributed by atoms with Crippen LogP contribution in [0.2, 0.25) is 0 Å². The number of hydrogen-bond acceptors (Lipinski definition) is 3. The van der Waals surface area contributed by atoms with E-state index < -0.39 is 6.61 Å². The van der Waals surface area contributed by atoms with Gasteiger partial charge in [0.2, 0.25) is 0 Å². The summed E-state index contributed by atoms with van der Waals surface area (Å²) in [5.41, 5.74) is 0.405. The molecule has 20 heavy (non-hydrogen) atoms. The third kappa shape index (κ3) is 3.82. The molecule has 1 aromatic carbocycles. The molecule has 0 unspecified atom stereocenters. The van der Waals surface area contributed by atoms with E-state index in [9.17, 15) is 13.9 Å². The van der Waals surface area contributed by atoms with Crippen LogP contribution >= 0.6 is 0 Å². The van der Waals surface area contributed by atoms with Crippen molar-refractivity contribution in [1.82, 2.24) is 0 Å². The minimum absolute atomic E-state index is 0.123. The number of aliphatic hydroxyl groups is 1. The van der Waals surface area contributed by atoms with Gasteiger partial charge in [-0.2, -0.15) is 8.78 Å². The second-order valence-electron chi connectivity index (χ2n) is 5.45. The monoisotopic (exact) mass is 285 g/mol. The number of nitrogens with one attached hydrogen (secondary N) is 1. The molecule has 5 heteroatoms. The highest BCUT2D eigenvalue weighted by Crippen LogP contribution is 2.37. The fourth-order valence-corrected chi connectivity index (χ4v) is 2.79. The van der Waals surface area contributed by atoms with E-state index in [1.54, 1.807) is 18.2 Å². The smallest absolute Gasteiger partial charge is 0.387 e. The van der Waals surface area contributed by atoms with Crippen molar-refractivity contribution >= 4 is 5.69 Å². The van der Waals surface area contributed by atoms with Gasteiger partial charge in [-0.3, -0.25) is 0 Å². The minimum atomic E-state index is -2.83. The van der Waals surface area contributed by atoms with E-state index in [1.807, 2.05) is 0 Å². The van der Waals surface area contributed by atoms with Gasteiger partial charge in [-0.1, -0.05) is 31.4 Å². The summed E-state index contributed by atoms with van der Waals surface area (Å²) in [6.45, 7) is -2.13. The van der Waals surface area contributed by atoms with Crippen LogP contribution in [0, 0.1) is 5.41 Å². The Morgan fingerprint density at radius 1 is 1.20 bits per heavy atom. The summed E-state index contributed by atoms with van der Waals surface area (Å²) in [6.07, 6.45) is 5.35. The van der Waals surface area contributed by atoms with Gasteiger partial charge in [-0.05, 0) is 25.0 Å². The van der Waals surface area contributed by atoms with Crippen LogP contribution in [-0.4, -0.2) is 24.9 Å². The summed E-state index contributed by atoms with van der Waals surface area (Å²) < 4.78 is 29.2. The number of ether oxygens (including phenoxy) is 1. The number of para-hydroxylation sites is 2. The van der Waals surface area contributed by atoms with Crippen molar-refractivity contribution in [1.29, 1.82) is 0 Å². The highest BCUT2D eigenvalue weighted by molar-refractivity contribution is 5.56. The first-order valence-corrected chi connectivity index (χ1v) is 7.04. The number of alkyl halides is 2. The number of aliphatic hydroxyl groups excluding tert-OH is 1. The van der Waals surface area contributed by atoms with Crippen LogP contribution in [0.4, 0.5) is 14.5 Å². The van der Waals surface area contributed by atoms with E-state index in [-0.39, 0.29) is 17.8 Å². The molecule has 0 atom stereocenters. The Morgan fingerprint density at radius 2 is 1.90 bits per heavy atom. The van der Waals surface area contributed by atoms with Crippen LogP contribution in [-0.2, 0) is 0 Å². The van der Waals surface area contributed by atoms with Gasteiger partial charge >= 0.3 is 6.61 Å². The van der Waals surface area contributed by atoms with Crippen molar-refractivity contribution < 1.29 is 18.6 Å². The molecule has 0 radical (unpaired) electrons. The molecule has 0 saturated heterocycles. The molecule has 1 fully saturated rings. The Kier molecular flexibility index (Phi) is 5.17. The van der Waals surface area contributed by atoms with E-state index in [1.165, 1.54) is 12.5 Å². The summed E-state index contributed by atoms with van der Waals surface area (Å²) in [5.74, 6) is 0.145. The maximum atomic E-state index is 12.3. The zero-order valence-electron chi connectivity index (χ0n) is 11.4. The van der Waals surface area contributed by atoms with Gasteiger partial charge in [0, 0.05) is 12.0 Å². The first-order valence-electron chi connectivity index (χ1n) is 7.04. The Balaban J connectivity index is 2.02. The van der Waals surface area contributed by atoms with Crippen molar-refractivity contribution in [3.8, 4) is 5.75 Å². The molecule has 0 amide bonds. The molecule has 1 aliphatic carbocycles. The van der Waals surface area contributed by atoms with E-state index in [4.69, 9.17) is 0 Å². The van der Waals surface area contributed by atoms with Crippen molar-refractivity contribution in [3.63, 3.8) is 0 Å². The number of benzene rings is 1. The standard InChI is InChI=1S/C15H21F2NO2/c16-14(17)20-13-7-3-2-6-12(13)18-10-15(11-19)8-4-1-5-9-15/h2-3,6-7,14,18-19H,1,4-5,8-11H2. The number of hydrogen-bond donors (Lipinski definition) is 2. The van der Waals surface area contributed by atoms with Crippen LogP contribution in [0.5, 0.6) is 5.75 Å². The first kappa shape index (κ1) is 15.0. The SMILES string of the molecule is OCC1(CNc2ccccc2OC(F)F)CCCCC1. The molecule has 1 aliphatic rings. The summed E-state index contributed by atoms with van der Waals surface area (Å²) in [6, 6.07) is 6.66. The van der Waals surface area contributed by atoms with Crippen LogP contribution < -0.4 is 10.1 Å². The zero-order valence-corrected chi connectivity index (χ0v) is 11.4. The van der Waals surface area contributed by atoms with E-state index in [0.29, 0.717) is 12.2 Å². The third-order valence-electron chi connectivity index (χ3n) is 4.01. The molecule has 0 bridgehead atoms. The molecular formula is C15H21F2NO2. The first-order chi connectivity index (χ1) is 9.65. The second-order valence-corrected chi connectivity index (χ2v) is 5.45. The summed E-state index contributed by atoms with van der Waals surface area (Å²) >= 11 is 0. The lowest BCUT2D eigenvalue weighted by atomic mass is 9.74. The summed E-state index contributed by atoms with van der Waals surface area (Å²) in [5, 5.41) is 12.8. The highest BCUT2D eigenvalue weighted by atomic mass is 19.3. The quantitative estimate of drug-likeness (QED) is 0.838. The topological polar surface area (TPSA) is 41.5 Å². The molecule has 0 heterocycles. The zero-order chi connectivity index (χ0) is 14.4. The van der Waals surface area contributed by atoms with Gasteiger partial charge in [-0.25, -0.2) is 0 Å². The summed E-state index contributed by atoms with van der Waals surface area (Å²) in [7, 11) is 0. The van der Waals surface area contributed by atoms with Crippen molar-refractivity contribution in [2.24, 2.45) is 5.41 Å². The van der Waals surface area contributed by atoms with Gasteiger partial charge in [0.1, 0.15) is 5.75 Å². The Morgan fingerprint density at radius 3 is 2.55 bits per heavy atom. The van der Waals surface area contributed by atoms with Gasteiger partial charge in [0.25, 0.3) is 0 Å². The lowest BCUT2D eigenvalue weighted by molar-refractivity contribution is -0.0494. The average Bonchev–Trinajstić information content (AvgIpc) is 2.47. The number of halogens is 2. The van der Waals surface area contributed by atoms with Crippen molar-refractivity contribution in [2.45, 2.75) is 38.7 Å². The number of rotatable bonds is 6. The fraction of sp³-hybridized carbons (Fsp3) is 0.600. The molecule has 2 rings (SSSR count). The maximum absolute atomic E-state index is 12.3. The van der Waals surface area contributed by atoms with Crippen molar-refractivity contribution in [3.05, 3.63) is 24.3 Å². The fourth-order valence-electron chi connectivity index (χ4n) is 2.79. The predicted molar refractivity (Wildman–Crippen MR) is 74.2 cm³/mol. The molecule has 3 nitrogen and oxygen atoms in total. The maximum Gasteiger partial charge on any atom is 0.387 e. The minimum Gasteiger partial charge on any atom is -0.433 e. The van der Waals surface area contributed by atoms with Crippen molar-refractivity contribution in [2.75, 3.05) is 18.5 Å². The lowest BCUT2D eigenvalue weighted by Crippen LogP contribution is -2.35. The highest BCUT2D eigenvalue weighted by Gasteiger charge is 2.31. The lowest BCUT2D eigenvalue weighted by Gasteiger charge is -2.36. The number of anilines is 1. The van der Waals surface area contributed by atoms with Gasteiger partial charge in [0.15, 0.2) is 0 Å². The molecule has 0 aromatic heterocycles. The van der Waals surface area contributed by atoms with Gasteiger partial charge < -0.3 is 15.2 Å². The van der Waals surface area contributed by atoms with Crippen LogP contribution in [0.3, 0.4) is 0 Å². The molecule has 0 spiro atoms. The molecule has 0 aliphatic heterocycles. The van der Waals surface area contributed by atoms with Crippen LogP contribution in [0.25, 0.3) is 0 Å². The van der Waals surface area contributed by atoms with E-state index in [2.05, 4.69) is 10.1 Å². The Bertz CT molecular complexity index is 420. The van der Waals surface area contributed by atoms with Gasteiger partial charge in [-0.15, -0.1) is 0 Å². The average molecular weight is 285 g/mol. The molecule has 1 aromatic rings. The predicted octanol–water partition coefficient (Wildman–Crippen LogP) is 3.64. The Labute approximate surface area is 117 Å². The largest absolute Gasteiger partial charge is 0.433 e. The summed E-state index contributed by atoms with van der Waals surface area (Å²) in [4.78, 5) is 0. The molecule has 1 saturated carbocycles. The van der Waals surface area contributed by atoms with E-state index >= 15 is 0 Å².